The summed E-state index contributed by atoms with van der Waals surface area (Å²) in [5.41, 5.74) is 1.10. The number of hydrogen-bond donors (Lipinski definition) is 1. The van der Waals surface area contributed by atoms with Gasteiger partial charge in [0.15, 0.2) is 0 Å². The van der Waals surface area contributed by atoms with Crippen LogP contribution in [0.25, 0.3) is 0 Å². The summed E-state index contributed by atoms with van der Waals surface area (Å²) in [5.74, 6) is 1.03. The smallest absolute Gasteiger partial charge is 0.106 e. The Kier molecular flexibility index (Phi) is 3.34. The Hall–Kier alpha value is -1.30. The highest BCUT2D eigenvalue weighted by atomic mass is 14.9. The molecule has 0 aromatic carbocycles. The lowest BCUT2D eigenvalue weighted by molar-refractivity contribution is 0.727. The zero-order valence-electron chi connectivity index (χ0n) is 7.30. The first-order valence-electron chi connectivity index (χ1n) is 4.20. The Morgan fingerprint density at radius 2 is 2.42 bits per heavy atom. The van der Waals surface area contributed by atoms with Gasteiger partial charge in [-0.1, -0.05) is 0 Å². The predicted octanol–water partition coefficient (Wildman–Crippen LogP) is 1.95. The molecule has 3 nitrogen and oxygen atoms in total. The molecule has 1 rings (SSSR count). The van der Waals surface area contributed by atoms with Crippen molar-refractivity contribution in [2.45, 2.75) is 32.6 Å². The fraction of sp³-hybridized carbons (Fsp3) is 0.556. The zero-order chi connectivity index (χ0) is 8.81. The summed E-state index contributed by atoms with van der Waals surface area (Å²) in [4.78, 5) is 7.33. The van der Waals surface area contributed by atoms with Gasteiger partial charge in [0.2, 0.25) is 0 Å². The van der Waals surface area contributed by atoms with Crippen LogP contribution in [0.15, 0.2) is 6.20 Å². The van der Waals surface area contributed by atoms with Crippen LogP contribution in [0.2, 0.25) is 0 Å². The van der Waals surface area contributed by atoms with E-state index in [1.807, 2.05) is 13.1 Å². The van der Waals surface area contributed by atoms with E-state index in [0.29, 0.717) is 6.42 Å². The molecular formula is C9H13N3. The summed E-state index contributed by atoms with van der Waals surface area (Å²) in [6.45, 7) is 1.99. The molecule has 1 aromatic heterocycles. The standard InChI is InChI=1S/C9H13N3/c1-8-7-11-9(12-8)5-3-2-4-6-10/h7H,2-5H2,1H3,(H,11,12). The zero-order valence-corrected chi connectivity index (χ0v) is 7.30. The first-order chi connectivity index (χ1) is 5.83. The molecule has 0 saturated heterocycles. The Labute approximate surface area is 72.4 Å². The van der Waals surface area contributed by atoms with Crippen molar-refractivity contribution in [1.29, 1.82) is 5.26 Å². The minimum atomic E-state index is 0.652. The van der Waals surface area contributed by atoms with E-state index in [9.17, 15) is 0 Å². The number of nitriles is 1. The topological polar surface area (TPSA) is 52.5 Å². The number of H-pyrrole nitrogens is 1. The molecule has 3 heteroatoms. The van der Waals surface area contributed by atoms with Gasteiger partial charge in [-0.05, 0) is 19.8 Å². The number of aromatic nitrogens is 2. The summed E-state index contributed by atoms with van der Waals surface area (Å²) >= 11 is 0. The van der Waals surface area contributed by atoms with Gasteiger partial charge in [0.1, 0.15) is 5.82 Å². The molecule has 0 spiro atoms. The predicted molar refractivity (Wildman–Crippen MR) is 46.5 cm³/mol. The highest BCUT2D eigenvalue weighted by molar-refractivity contribution is 4.98. The van der Waals surface area contributed by atoms with Crippen LogP contribution in [0.4, 0.5) is 0 Å². The third-order valence-electron chi connectivity index (χ3n) is 1.71. The quantitative estimate of drug-likeness (QED) is 0.690. The molecule has 0 amide bonds. The third kappa shape index (κ3) is 2.75. The van der Waals surface area contributed by atoms with E-state index in [4.69, 9.17) is 5.26 Å². The van der Waals surface area contributed by atoms with Crippen LogP contribution in [0.5, 0.6) is 0 Å². The molecule has 64 valence electrons. The summed E-state index contributed by atoms with van der Waals surface area (Å²) in [6, 6.07) is 2.13. The molecule has 0 atom stereocenters. The molecule has 0 radical (unpaired) electrons. The summed E-state index contributed by atoms with van der Waals surface area (Å²) in [5, 5.41) is 8.29. The van der Waals surface area contributed by atoms with Gasteiger partial charge in [-0.15, -0.1) is 0 Å². The van der Waals surface area contributed by atoms with Crippen molar-refractivity contribution in [3.8, 4) is 6.07 Å². The Bertz CT molecular complexity index is 270. The van der Waals surface area contributed by atoms with Crippen molar-refractivity contribution in [3.05, 3.63) is 17.7 Å². The van der Waals surface area contributed by atoms with Gasteiger partial charge in [-0.3, -0.25) is 0 Å². The lowest BCUT2D eigenvalue weighted by Gasteiger charge is -1.93. The van der Waals surface area contributed by atoms with E-state index >= 15 is 0 Å². The number of aromatic amines is 1. The molecule has 1 N–H and O–H groups in total. The highest BCUT2D eigenvalue weighted by Crippen LogP contribution is 2.02. The number of hydrogen-bond acceptors (Lipinski definition) is 2. The number of aryl methyl sites for hydroxylation is 2. The monoisotopic (exact) mass is 163 g/mol. The second-order valence-corrected chi connectivity index (χ2v) is 2.88. The second-order valence-electron chi connectivity index (χ2n) is 2.88. The molecular weight excluding hydrogens is 150 g/mol. The van der Waals surface area contributed by atoms with Gasteiger partial charge in [-0.25, -0.2) is 4.98 Å². The number of nitrogens with one attached hydrogen (secondary N) is 1. The summed E-state index contributed by atoms with van der Waals surface area (Å²) in [7, 11) is 0. The van der Waals surface area contributed by atoms with Crippen LogP contribution >= 0.6 is 0 Å². The molecule has 0 aliphatic carbocycles. The molecule has 12 heavy (non-hydrogen) atoms. The first kappa shape index (κ1) is 8.79. The average molecular weight is 163 g/mol. The molecule has 0 saturated carbocycles. The van der Waals surface area contributed by atoms with E-state index in [-0.39, 0.29) is 0 Å². The van der Waals surface area contributed by atoms with Crippen LogP contribution < -0.4 is 0 Å². The van der Waals surface area contributed by atoms with E-state index < -0.39 is 0 Å². The molecule has 0 aliphatic rings. The van der Waals surface area contributed by atoms with Gasteiger partial charge in [0.05, 0.1) is 6.07 Å². The Morgan fingerprint density at radius 1 is 1.58 bits per heavy atom. The Morgan fingerprint density at radius 3 is 3.00 bits per heavy atom. The van der Waals surface area contributed by atoms with Crippen LogP contribution in [-0.4, -0.2) is 9.97 Å². The highest BCUT2D eigenvalue weighted by Gasteiger charge is 1.96. The van der Waals surface area contributed by atoms with Crippen molar-refractivity contribution < 1.29 is 0 Å². The minimum absolute atomic E-state index is 0.652. The number of rotatable bonds is 4. The largest absolute Gasteiger partial charge is 0.346 e. The lowest BCUT2D eigenvalue weighted by atomic mass is 10.2. The van der Waals surface area contributed by atoms with Crippen molar-refractivity contribution in [2.24, 2.45) is 0 Å². The van der Waals surface area contributed by atoms with Gasteiger partial charge in [0.25, 0.3) is 0 Å². The summed E-state index contributed by atoms with van der Waals surface area (Å²) < 4.78 is 0. The molecule has 0 bridgehead atoms. The molecule has 0 unspecified atom stereocenters. The SMILES string of the molecule is Cc1cnc(CCCCC#N)[nH]1. The van der Waals surface area contributed by atoms with Crippen LogP contribution in [0.1, 0.15) is 30.8 Å². The van der Waals surface area contributed by atoms with Crippen molar-refractivity contribution in [1.82, 2.24) is 9.97 Å². The maximum atomic E-state index is 8.29. The second kappa shape index (κ2) is 4.55. The van der Waals surface area contributed by atoms with Gasteiger partial charge < -0.3 is 4.98 Å². The summed E-state index contributed by atoms with van der Waals surface area (Å²) in [6.07, 6.45) is 5.45. The molecule has 1 heterocycles. The normalized spacial score (nSPS) is 9.67. The van der Waals surface area contributed by atoms with Crippen molar-refractivity contribution in [3.63, 3.8) is 0 Å². The van der Waals surface area contributed by atoms with E-state index in [1.165, 1.54) is 0 Å². The van der Waals surface area contributed by atoms with Crippen molar-refractivity contribution >= 4 is 0 Å². The van der Waals surface area contributed by atoms with E-state index in [0.717, 1.165) is 30.8 Å². The maximum Gasteiger partial charge on any atom is 0.106 e. The Balaban J connectivity index is 2.21. The van der Waals surface area contributed by atoms with Crippen LogP contribution in [0.3, 0.4) is 0 Å². The minimum Gasteiger partial charge on any atom is -0.346 e. The average Bonchev–Trinajstić information content (AvgIpc) is 2.45. The van der Waals surface area contributed by atoms with E-state index in [1.54, 1.807) is 0 Å². The van der Waals surface area contributed by atoms with Crippen molar-refractivity contribution in [2.75, 3.05) is 0 Å². The molecule has 0 aliphatic heterocycles. The fourth-order valence-electron chi connectivity index (χ4n) is 1.09. The lowest BCUT2D eigenvalue weighted by Crippen LogP contribution is -1.87. The first-order valence-corrected chi connectivity index (χ1v) is 4.20. The number of imidazole rings is 1. The molecule has 0 fully saturated rings. The van der Waals surface area contributed by atoms with Gasteiger partial charge in [-0.2, -0.15) is 5.26 Å². The van der Waals surface area contributed by atoms with Gasteiger partial charge in [0, 0.05) is 24.7 Å². The molecule has 1 aromatic rings. The maximum absolute atomic E-state index is 8.29. The van der Waals surface area contributed by atoms with Gasteiger partial charge >= 0.3 is 0 Å². The van der Waals surface area contributed by atoms with Crippen LogP contribution in [-0.2, 0) is 6.42 Å². The number of nitrogens with zero attached hydrogens (tertiary/aromatic N) is 2. The number of unbranched alkanes of at least 4 members (excludes halogenated alkanes) is 2. The fourth-order valence-corrected chi connectivity index (χ4v) is 1.09. The third-order valence-corrected chi connectivity index (χ3v) is 1.71. The van der Waals surface area contributed by atoms with Crippen LogP contribution in [0, 0.1) is 18.3 Å². The van der Waals surface area contributed by atoms with E-state index in [2.05, 4.69) is 16.0 Å².